The fraction of sp³-hybridized carbons (Fsp3) is 0.0263. The molecule has 5 nitrogen and oxygen atoms in total. The van der Waals surface area contributed by atoms with E-state index in [1.54, 1.807) is 0 Å². The highest BCUT2D eigenvalue weighted by molar-refractivity contribution is 6.21. The van der Waals surface area contributed by atoms with Gasteiger partial charge in [-0.25, -0.2) is 4.98 Å². The normalized spacial score (nSPS) is 11.4. The fourth-order valence-electron chi connectivity index (χ4n) is 5.93. The molecule has 8 aromatic rings. The van der Waals surface area contributed by atoms with Crippen molar-refractivity contribution in [2.75, 3.05) is 4.90 Å². The molecule has 0 saturated heterocycles. The first-order chi connectivity index (χ1) is 21.3. The number of nitrogens with zero attached hydrogens (tertiary/aromatic N) is 5. The molecule has 0 aliphatic carbocycles. The van der Waals surface area contributed by atoms with Crippen LogP contribution in [0.5, 0.6) is 0 Å². The Hall–Kier alpha value is -5.81. The molecule has 204 valence electrons. The quantitative estimate of drug-likeness (QED) is 0.199. The van der Waals surface area contributed by atoms with Gasteiger partial charge < -0.3 is 4.90 Å². The number of imidazole rings is 1. The monoisotopic (exact) mass is 553 g/mol. The molecule has 5 aromatic carbocycles. The van der Waals surface area contributed by atoms with Crippen LogP contribution in [-0.2, 0) is 0 Å². The molecule has 0 spiro atoms. The molecule has 0 N–H and O–H groups in total. The Bertz CT molecular complexity index is 2180. The number of fused-ring (bicyclic) bond motifs is 6. The van der Waals surface area contributed by atoms with E-state index >= 15 is 0 Å². The SMILES string of the molecule is Cc1ccc(-n2c(-c3ccc(N(c4ccccc4)c4ccccc4)cc3)nc3c4cccnc4c4ncccc4c32)cc1. The van der Waals surface area contributed by atoms with Crippen molar-refractivity contribution in [2.24, 2.45) is 0 Å². The van der Waals surface area contributed by atoms with Crippen LogP contribution in [0.3, 0.4) is 0 Å². The van der Waals surface area contributed by atoms with Gasteiger partial charge in [-0.2, -0.15) is 0 Å². The average molecular weight is 554 g/mol. The number of hydrogen-bond acceptors (Lipinski definition) is 4. The van der Waals surface area contributed by atoms with E-state index in [0.29, 0.717) is 0 Å². The lowest BCUT2D eigenvalue weighted by molar-refractivity contribution is 1.10. The number of aromatic nitrogens is 4. The lowest BCUT2D eigenvalue weighted by atomic mass is 10.1. The maximum Gasteiger partial charge on any atom is 0.145 e. The van der Waals surface area contributed by atoms with E-state index in [-0.39, 0.29) is 0 Å². The van der Waals surface area contributed by atoms with E-state index < -0.39 is 0 Å². The molecule has 5 heteroatoms. The molecule has 0 atom stereocenters. The van der Waals surface area contributed by atoms with Crippen molar-refractivity contribution >= 4 is 49.9 Å². The summed E-state index contributed by atoms with van der Waals surface area (Å²) in [6.45, 7) is 2.11. The van der Waals surface area contributed by atoms with Crippen LogP contribution in [0.25, 0.3) is 49.9 Å². The predicted molar refractivity (Wildman–Crippen MR) is 177 cm³/mol. The smallest absolute Gasteiger partial charge is 0.145 e. The van der Waals surface area contributed by atoms with Gasteiger partial charge in [-0.15, -0.1) is 0 Å². The minimum absolute atomic E-state index is 0.863. The first kappa shape index (κ1) is 24.9. The van der Waals surface area contributed by atoms with Gasteiger partial charge in [-0.3, -0.25) is 14.5 Å². The largest absolute Gasteiger partial charge is 0.311 e. The second-order valence-electron chi connectivity index (χ2n) is 10.7. The van der Waals surface area contributed by atoms with Gasteiger partial charge in [0.2, 0.25) is 0 Å². The molecule has 0 aliphatic heterocycles. The van der Waals surface area contributed by atoms with Crippen molar-refractivity contribution < 1.29 is 0 Å². The standard InChI is InChI=1S/C38H27N5/c1-26-16-20-31(21-17-26)43-37-33-15-9-25-40-35(33)34-32(14-8-24-39-34)36(37)41-38(43)27-18-22-30(23-19-27)42(28-10-4-2-5-11-28)29-12-6-3-7-13-29/h2-25H,1H3. The van der Waals surface area contributed by atoms with Gasteiger partial charge in [0.25, 0.3) is 0 Å². The summed E-state index contributed by atoms with van der Waals surface area (Å²) < 4.78 is 2.27. The van der Waals surface area contributed by atoms with Crippen LogP contribution in [-0.4, -0.2) is 19.5 Å². The summed E-state index contributed by atoms with van der Waals surface area (Å²) in [5, 5.41) is 2.02. The minimum Gasteiger partial charge on any atom is -0.311 e. The van der Waals surface area contributed by atoms with Crippen molar-refractivity contribution in [1.82, 2.24) is 19.5 Å². The highest BCUT2D eigenvalue weighted by atomic mass is 15.1. The van der Waals surface area contributed by atoms with Crippen LogP contribution in [0, 0.1) is 6.92 Å². The minimum atomic E-state index is 0.863. The van der Waals surface area contributed by atoms with E-state index in [9.17, 15) is 0 Å². The molecule has 3 heterocycles. The maximum absolute atomic E-state index is 5.33. The third-order valence-electron chi connectivity index (χ3n) is 7.93. The first-order valence-corrected chi connectivity index (χ1v) is 14.4. The fourth-order valence-corrected chi connectivity index (χ4v) is 5.93. The summed E-state index contributed by atoms with van der Waals surface area (Å²) in [6.07, 6.45) is 3.66. The Kier molecular flexibility index (Phi) is 5.93. The Labute approximate surface area is 249 Å². The molecule has 43 heavy (non-hydrogen) atoms. The molecule has 0 fully saturated rings. The zero-order chi connectivity index (χ0) is 28.8. The molecule has 8 rings (SSSR count). The van der Waals surface area contributed by atoms with Gasteiger partial charge >= 0.3 is 0 Å². The van der Waals surface area contributed by atoms with Crippen molar-refractivity contribution in [2.45, 2.75) is 6.92 Å². The molecule has 0 amide bonds. The Morgan fingerprint density at radius 2 is 1.07 bits per heavy atom. The Morgan fingerprint density at radius 3 is 1.70 bits per heavy atom. The van der Waals surface area contributed by atoms with Gasteiger partial charge in [0.1, 0.15) is 5.82 Å². The maximum atomic E-state index is 5.33. The van der Waals surface area contributed by atoms with Gasteiger partial charge in [-0.1, -0.05) is 54.1 Å². The molecule has 0 radical (unpaired) electrons. The third kappa shape index (κ3) is 4.21. The lowest BCUT2D eigenvalue weighted by Crippen LogP contribution is -2.09. The van der Waals surface area contributed by atoms with Gasteiger partial charge in [0.15, 0.2) is 0 Å². The molecular formula is C38H27N5. The van der Waals surface area contributed by atoms with Crippen molar-refractivity contribution in [3.63, 3.8) is 0 Å². The van der Waals surface area contributed by atoms with Crippen LogP contribution in [0.1, 0.15) is 5.56 Å². The predicted octanol–water partition coefficient (Wildman–Crippen LogP) is 9.57. The second kappa shape index (κ2) is 10.2. The zero-order valence-corrected chi connectivity index (χ0v) is 23.6. The summed E-state index contributed by atoms with van der Waals surface area (Å²) in [6, 6.07) is 46.4. The van der Waals surface area contributed by atoms with Crippen LogP contribution < -0.4 is 4.90 Å². The Balaban J connectivity index is 1.37. The second-order valence-corrected chi connectivity index (χ2v) is 10.7. The van der Waals surface area contributed by atoms with Gasteiger partial charge in [0.05, 0.1) is 22.1 Å². The van der Waals surface area contributed by atoms with Gasteiger partial charge in [-0.05, 0) is 91.9 Å². The lowest BCUT2D eigenvalue weighted by Gasteiger charge is -2.25. The summed E-state index contributed by atoms with van der Waals surface area (Å²) >= 11 is 0. The number of pyridine rings is 2. The number of rotatable bonds is 5. The molecular weight excluding hydrogens is 526 g/mol. The summed E-state index contributed by atoms with van der Waals surface area (Å²) in [5.41, 5.74) is 10.2. The summed E-state index contributed by atoms with van der Waals surface area (Å²) in [4.78, 5) is 17.1. The van der Waals surface area contributed by atoms with Crippen molar-refractivity contribution in [1.29, 1.82) is 0 Å². The van der Waals surface area contributed by atoms with E-state index in [1.807, 2.05) is 36.7 Å². The average Bonchev–Trinajstić information content (AvgIpc) is 3.48. The molecule has 0 aliphatic rings. The Morgan fingerprint density at radius 1 is 0.512 bits per heavy atom. The zero-order valence-electron chi connectivity index (χ0n) is 23.6. The van der Waals surface area contributed by atoms with Gasteiger partial charge in [0, 0.05) is 51.5 Å². The number of para-hydroxylation sites is 2. The van der Waals surface area contributed by atoms with Crippen LogP contribution in [0.2, 0.25) is 0 Å². The topological polar surface area (TPSA) is 46.8 Å². The van der Waals surface area contributed by atoms with E-state index in [0.717, 1.165) is 67.0 Å². The van der Waals surface area contributed by atoms with E-state index in [2.05, 4.69) is 126 Å². The molecule has 0 bridgehead atoms. The number of benzene rings is 5. The van der Waals surface area contributed by atoms with E-state index in [4.69, 9.17) is 15.0 Å². The highest BCUT2D eigenvalue weighted by Crippen LogP contribution is 2.39. The number of aryl methyl sites for hydroxylation is 1. The first-order valence-electron chi connectivity index (χ1n) is 14.4. The molecule has 0 saturated carbocycles. The summed E-state index contributed by atoms with van der Waals surface area (Å²) in [7, 11) is 0. The number of anilines is 3. The highest BCUT2D eigenvalue weighted by Gasteiger charge is 2.21. The van der Waals surface area contributed by atoms with Crippen LogP contribution in [0.4, 0.5) is 17.1 Å². The summed E-state index contributed by atoms with van der Waals surface area (Å²) in [5.74, 6) is 0.873. The third-order valence-corrected chi connectivity index (χ3v) is 7.93. The van der Waals surface area contributed by atoms with Crippen molar-refractivity contribution in [3.8, 4) is 17.1 Å². The van der Waals surface area contributed by atoms with E-state index in [1.165, 1.54) is 5.56 Å². The van der Waals surface area contributed by atoms with Crippen molar-refractivity contribution in [3.05, 3.63) is 151 Å². The molecule has 3 aromatic heterocycles. The van der Waals surface area contributed by atoms with Crippen LogP contribution >= 0.6 is 0 Å². The number of hydrogen-bond donors (Lipinski definition) is 0. The molecule has 0 unspecified atom stereocenters. The van der Waals surface area contributed by atoms with Crippen LogP contribution in [0.15, 0.2) is 146 Å².